The molecular weight excluding hydrogens is 406 g/mol. The number of hydrogen-bond acceptors (Lipinski definition) is 6. The lowest BCUT2D eigenvalue weighted by Gasteiger charge is -2.29. The van der Waals surface area contributed by atoms with Crippen LogP contribution in [0.25, 0.3) is 0 Å². The summed E-state index contributed by atoms with van der Waals surface area (Å²) in [5.41, 5.74) is 10.6. The van der Waals surface area contributed by atoms with Crippen LogP contribution in [-0.2, 0) is 22.7 Å². The number of nitrogens with zero attached hydrogens (tertiary/aromatic N) is 2. The Bertz CT molecular complexity index is 1070. The minimum atomic E-state index is -0.598. The number of anilines is 2. The molecular formula is C24H27N5O3. The van der Waals surface area contributed by atoms with Crippen molar-refractivity contribution in [2.75, 3.05) is 23.3 Å². The van der Waals surface area contributed by atoms with Crippen LogP contribution in [0.4, 0.5) is 11.4 Å². The summed E-state index contributed by atoms with van der Waals surface area (Å²) in [5, 5.41) is 5.76. The van der Waals surface area contributed by atoms with Crippen molar-refractivity contribution >= 4 is 29.1 Å². The first kappa shape index (κ1) is 20.5. The molecule has 2 saturated heterocycles. The number of nitrogens with one attached hydrogen (secondary N) is 2. The minimum absolute atomic E-state index is 0.146. The van der Waals surface area contributed by atoms with Crippen LogP contribution < -0.4 is 21.3 Å². The van der Waals surface area contributed by atoms with Crippen LogP contribution in [0.5, 0.6) is 0 Å². The maximum atomic E-state index is 13.2. The van der Waals surface area contributed by atoms with Crippen molar-refractivity contribution in [2.45, 2.75) is 44.4 Å². The molecule has 0 spiro atoms. The van der Waals surface area contributed by atoms with Crippen molar-refractivity contribution in [1.82, 2.24) is 10.2 Å². The van der Waals surface area contributed by atoms with Crippen LogP contribution >= 0.6 is 0 Å². The number of carbonyl (C=O) groups excluding carboxylic acids is 3. The van der Waals surface area contributed by atoms with Gasteiger partial charge in [-0.2, -0.15) is 0 Å². The van der Waals surface area contributed by atoms with Crippen molar-refractivity contribution in [2.24, 2.45) is 5.73 Å². The maximum absolute atomic E-state index is 13.2. The third-order valence-corrected chi connectivity index (χ3v) is 6.58. The van der Waals surface area contributed by atoms with E-state index in [1.54, 1.807) is 4.90 Å². The molecule has 166 valence electrons. The van der Waals surface area contributed by atoms with E-state index in [0.717, 1.165) is 36.3 Å². The summed E-state index contributed by atoms with van der Waals surface area (Å²) >= 11 is 0. The molecule has 2 atom stereocenters. The van der Waals surface area contributed by atoms with Crippen LogP contribution in [0.2, 0.25) is 0 Å². The van der Waals surface area contributed by atoms with Gasteiger partial charge < -0.3 is 20.9 Å². The fourth-order valence-corrected chi connectivity index (χ4v) is 4.85. The standard InChI is InChI=1S/C24H27N5O3/c25-17-10-11-28(14-17)19-6-4-18(5-7-19)26-12-15-2-1-3-16-13-29(24(32)22(15)16)20-8-9-21(30)27-23(20)31/h1-7,17,20,26H,8-14,25H2,(H,27,30,31). The van der Waals surface area contributed by atoms with E-state index >= 15 is 0 Å². The SMILES string of the molecule is NC1CCN(c2ccc(NCc3cccc4c3C(=O)N(C3CCC(=O)NC3=O)C4)cc2)C1. The Hall–Kier alpha value is -3.39. The number of rotatable bonds is 5. The lowest BCUT2D eigenvalue weighted by molar-refractivity contribution is -0.136. The predicted octanol–water partition coefficient (Wildman–Crippen LogP) is 1.60. The van der Waals surface area contributed by atoms with Gasteiger partial charge in [-0.15, -0.1) is 0 Å². The van der Waals surface area contributed by atoms with E-state index in [9.17, 15) is 14.4 Å². The van der Waals surface area contributed by atoms with E-state index in [1.165, 1.54) is 5.69 Å². The lowest BCUT2D eigenvalue weighted by Crippen LogP contribution is -2.52. The first-order valence-corrected chi connectivity index (χ1v) is 11.1. The Labute approximate surface area is 186 Å². The molecule has 2 aromatic carbocycles. The van der Waals surface area contributed by atoms with Crippen LogP contribution in [0.3, 0.4) is 0 Å². The molecule has 3 aliphatic rings. The summed E-state index contributed by atoms with van der Waals surface area (Å²) in [4.78, 5) is 40.8. The molecule has 0 saturated carbocycles. The number of imide groups is 1. The zero-order valence-electron chi connectivity index (χ0n) is 17.8. The normalized spacial score (nSPS) is 22.8. The number of hydrogen-bond donors (Lipinski definition) is 3. The van der Waals surface area contributed by atoms with E-state index in [2.05, 4.69) is 27.7 Å². The van der Waals surface area contributed by atoms with Crippen LogP contribution in [0.15, 0.2) is 42.5 Å². The Morgan fingerprint density at radius 1 is 1.06 bits per heavy atom. The molecule has 0 aliphatic carbocycles. The second kappa shape index (κ2) is 8.27. The lowest BCUT2D eigenvalue weighted by atomic mass is 10.0. The van der Waals surface area contributed by atoms with Crippen LogP contribution in [0.1, 0.15) is 40.7 Å². The molecule has 2 aromatic rings. The highest BCUT2D eigenvalue weighted by Gasteiger charge is 2.39. The summed E-state index contributed by atoms with van der Waals surface area (Å²) in [6.07, 6.45) is 1.64. The highest BCUT2D eigenvalue weighted by molar-refractivity contribution is 6.06. The maximum Gasteiger partial charge on any atom is 0.255 e. The van der Waals surface area contributed by atoms with Gasteiger partial charge >= 0.3 is 0 Å². The number of fused-ring (bicyclic) bond motifs is 1. The van der Waals surface area contributed by atoms with E-state index in [1.807, 2.05) is 30.3 Å². The monoisotopic (exact) mass is 433 g/mol. The van der Waals surface area contributed by atoms with Crippen molar-refractivity contribution in [3.63, 3.8) is 0 Å². The van der Waals surface area contributed by atoms with E-state index in [-0.39, 0.29) is 30.2 Å². The number of piperidine rings is 1. The molecule has 32 heavy (non-hydrogen) atoms. The number of nitrogens with two attached hydrogens (primary N) is 1. The fourth-order valence-electron chi connectivity index (χ4n) is 4.85. The third kappa shape index (κ3) is 3.82. The highest BCUT2D eigenvalue weighted by atomic mass is 16.2. The molecule has 2 fully saturated rings. The smallest absolute Gasteiger partial charge is 0.255 e. The summed E-state index contributed by atoms with van der Waals surface area (Å²) in [7, 11) is 0. The van der Waals surface area contributed by atoms with Crippen molar-refractivity contribution in [3.05, 3.63) is 59.2 Å². The van der Waals surface area contributed by atoms with Gasteiger partial charge in [0, 0.05) is 55.6 Å². The Morgan fingerprint density at radius 3 is 2.59 bits per heavy atom. The van der Waals surface area contributed by atoms with Gasteiger partial charge in [-0.3, -0.25) is 19.7 Å². The summed E-state index contributed by atoms with van der Waals surface area (Å²) < 4.78 is 0. The van der Waals surface area contributed by atoms with Gasteiger partial charge in [0.2, 0.25) is 11.8 Å². The van der Waals surface area contributed by atoms with Crippen molar-refractivity contribution in [3.8, 4) is 0 Å². The Balaban J connectivity index is 1.27. The summed E-state index contributed by atoms with van der Waals surface area (Å²) in [6, 6.07) is 13.7. The largest absolute Gasteiger partial charge is 0.381 e. The van der Waals surface area contributed by atoms with Gasteiger partial charge in [-0.25, -0.2) is 0 Å². The quantitative estimate of drug-likeness (QED) is 0.618. The first-order chi connectivity index (χ1) is 15.5. The highest BCUT2D eigenvalue weighted by Crippen LogP contribution is 2.30. The Kier molecular flexibility index (Phi) is 5.30. The van der Waals surface area contributed by atoms with Crippen LogP contribution in [-0.4, -0.2) is 47.8 Å². The molecule has 3 aliphatic heterocycles. The second-order valence-corrected chi connectivity index (χ2v) is 8.75. The molecule has 0 bridgehead atoms. The zero-order chi connectivity index (χ0) is 22.2. The summed E-state index contributed by atoms with van der Waals surface area (Å²) in [6.45, 7) is 2.76. The zero-order valence-corrected chi connectivity index (χ0v) is 17.8. The van der Waals surface area contributed by atoms with Gasteiger partial charge in [0.25, 0.3) is 5.91 Å². The molecule has 3 heterocycles. The molecule has 8 heteroatoms. The van der Waals surface area contributed by atoms with E-state index in [4.69, 9.17) is 5.73 Å². The number of benzene rings is 2. The van der Waals surface area contributed by atoms with Gasteiger partial charge in [0.15, 0.2) is 0 Å². The molecule has 2 unspecified atom stereocenters. The number of carbonyl (C=O) groups is 3. The van der Waals surface area contributed by atoms with Crippen molar-refractivity contribution < 1.29 is 14.4 Å². The van der Waals surface area contributed by atoms with Gasteiger partial charge in [0.05, 0.1) is 0 Å². The minimum Gasteiger partial charge on any atom is -0.381 e. The van der Waals surface area contributed by atoms with E-state index in [0.29, 0.717) is 25.1 Å². The van der Waals surface area contributed by atoms with Gasteiger partial charge in [-0.05, 0) is 48.2 Å². The molecule has 8 nitrogen and oxygen atoms in total. The third-order valence-electron chi connectivity index (χ3n) is 6.58. The van der Waals surface area contributed by atoms with Crippen molar-refractivity contribution in [1.29, 1.82) is 0 Å². The summed E-state index contributed by atoms with van der Waals surface area (Å²) in [5.74, 6) is -0.812. The van der Waals surface area contributed by atoms with Gasteiger partial charge in [0.1, 0.15) is 6.04 Å². The molecule has 0 radical (unpaired) electrons. The Morgan fingerprint density at radius 2 is 1.88 bits per heavy atom. The average molecular weight is 434 g/mol. The topological polar surface area (TPSA) is 108 Å². The number of amides is 3. The predicted molar refractivity (Wildman–Crippen MR) is 121 cm³/mol. The van der Waals surface area contributed by atoms with Crippen LogP contribution in [0, 0.1) is 0 Å². The molecule has 4 N–H and O–H groups in total. The fraction of sp³-hybridized carbons (Fsp3) is 0.375. The molecule has 0 aromatic heterocycles. The second-order valence-electron chi connectivity index (χ2n) is 8.75. The molecule has 3 amide bonds. The van der Waals surface area contributed by atoms with E-state index < -0.39 is 6.04 Å². The average Bonchev–Trinajstić information content (AvgIpc) is 3.36. The first-order valence-electron chi connectivity index (χ1n) is 11.1. The van der Waals surface area contributed by atoms with Gasteiger partial charge in [-0.1, -0.05) is 18.2 Å². The molecule has 5 rings (SSSR count).